The van der Waals surface area contributed by atoms with Gasteiger partial charge in [0, 0.05) is 18.2 Å². The lowest BCUT2D eigenvalue weighted by Gasteiger charge is -2.13. The summed E-state index contributed by atoms with van der Waals surface area (Å²) in [5, 5.41) is 20.2. The summed E-state index contributed by atoms with van der Waals surface area (Å²) in [4.78, 5) is 16.9. The molecule has 0 fully saturated rings. The van der Waals surface area contributed by atoms with Gasteiger partial charge in [-0.25, -0.2) is 19.2 Å². The van der Waals surface area contributed by atoms with Crippen molar-refractivity contribution in [2.75, 3.05) is 11.9 Å². The normalized spacial score (nSPS) is 12.4. The molecule has 182 valence electrons. The number of rotatable bonds is 5. The molecule has 1 atom stereocenters. The van der Waals surface area contributed by atoms with Crippen LogP contribution in [0, 0.1) is 5.82 Å². The summed E-state index contributed by atoms with van der Waals surface area (Å²) in [7, 11) is 0. The van der Waals surface area contributed by atoms with Gasteiger partial charge in [-0.2, -0.15) is 26.3 Å². The van der Waals surface area contributed by atoms with Crippen LogP contribution in [0.3, 0.4) is 0 Å². The lowest BCUT2D eigenvalue weighted by molar-refractivity contribution is -0.192. The fraction of sp³-hybridized carbons (Fsp3) is 0.190. The third-order valence-corrected chi connectivity index (χ3v) is 4.14. The van der Waals surface area contributed by atoms with Crippen LogP contribution in [-0.2, 0) is 11.0 Å². The molecule has 2 aromatic carbocycles. The van der Waals surface area contributed by atoms with E-state index in [4.69, 9.17) is 9.90 Å². The standard InChI is InChI=1S/C19H15F4N3O.C2HF3O2/c20-15-8-13(6-7-14(15)19(21,22)23)16-9-18(26-11-25-16)24-10-17(27)12-4-2-1-3-5-12;3-2(4,5)1(6)7/h1-9,11,17,27H,10H2,(H,24,25,26);(H,6,7)/t17-;/m0./s1. The average Bonchev–Trinajstić information content (AvgIpc) is 2.77. The molecule has 3 aromatic rings. The predicted molar refractivity (Wildman–Crippen MR) is 106 cm³/mol. The van der Waals surface area contributed by atoms with Gasteiger partial charge in [0.2, 0.25) is 0 Å². The molecule has 0 aliphatic heterocycles. The lowest BCUT2D eigenvalue weighted by atomic mass is 10.1. The van der Waals surface area contributed by atoms with Gasteiger partial charge >= 0.3 is 18.3 Å². The van der Waals surface area contributed by atoms with E-state index in [0.717, 1.165) is 17.7 Å². The first kappa shape index (κ1) is 26.5. The summed E-state index contributed by atoms with van der Waals surface area (Å²) in [5.41, 5.74) is -0.155. The third-order valence-electron chi connectivity index (χ3n) is 4.14. The third kappa shape index (κ3) is 7.69. The maximum atomic E-state index is 13.8. The number of aliphatic hydroxyl groups excluding tert-OH is 1. The van der Waals surface area contributed by atoms with Crippen LogP contribution >= 0.6 is 0 Å². The van der Waals surface area contributed by atoms with Gasteiger partial charge in [0.25, 0.3) is 0 Å². The Bertz CT molecular complexity index is 1110. The molecule has 0 unspecified atom stereocenters. The van der Waals surface area contributed by atoms with E-state index in [-0.39, 0.29) is 17.8 Å². The van der Waals surface area contributed by atoms with Crippen molar-refractivity contribution in [3.8, 4) is 11.3 Å². The zero-order valence-corrected chi connectivity index (χ0v) is 16.9. The van der Waals surface area contributed by atoms with Crippen LogP contribution in [0.4, 0.5) is 36.6 Å². The van der Waals surface area contributed by atoms with Crippen LogP contribution in [0.1, 0.15) is 17.2 Å². The molecule has 0 radical (unpaired) electrons. The average molecular weight is 491 g/mol. The molecule has 0 aliphatic carbocycles. The van der Waals surface area contributed by atoms with Gasteiger partial charge in [0.05, 0.1) is 17.4 Å². The minimum absolute atomic E-state index is 0.168. The number of halogens is 7. The topological polar surface area (TPSA) is 95.3 Å². The Morgan fingerprint density at radius 2 is 1.59 bits per heavy atom. The van der Waals surface area contributed by atoms with Gasteiger partial charge in [-0.15, -0.1) is 0 Å². The fourth-order valence-electron chi connectivity index (χ4n) is 2.51. The highest BCUT2D eigenvalue weighted by Crippen LogP contribution is 2.33. The number of nitrogens with one attached hydrogen (secondary N) is 1. The Hall–Kier alpha value is -3.74. The lowest BCUT2D eigenvalue weighted by Crippen LogP contribution is -2.21. The Morgan fingerprint density at radius 3 is 2.12 bits per heavy atom. The number of hydrogen-bond donors (Lipinski definition) is 3. The van der Waals surface area contributed by atoms with Gasteiger partial charge in [-0.3, -0.25) is 0 Å². The van der Waals surface area contributed by atoms with Crippen molar-refractivity contribution in [2.45, 2.75) is 18.5 Å². The quantitative estimate of drug-likeness (QED) is 0.431. The van der Waals surface area contributed by atoms with Crippen LogP contribution in [0.25, 0.3) is 11.3 Å². The van der Waals surface area contributed by atoms with Crippen LogP contribution < -0.4 is 5.32 Å². The summed E-state index contributed by atoms with van der Waals surface area (Å²) in [6, 6.07) is 13.1. The summed E-state index contributed by atoms with van der Waals surface area (Å²) >= 11 is 0. The van der Waals surface area contributed by atoms with Crippen LogP contribution in [0.5, 0.6) is 0 Å². The molecule has 0 spiro atoms. The Balaban J connectivity index is 0.000000509. The number of carboxylic acid groups (broad SMARTS) is 1. The van der Waals surface area contributed by atoms with Crippen molar-refractivity contribution >= 4 is 11.8 Å². The number of aliphatic carboxylic acids is 1. The van der Waals surface area contributed by atoms with E-state index < -0.39 is 35.8 Å². The van der Waals surface area contributed by atoms with Crippen molar-refractivity contribution in [3.05, 3.63) is 77.9 Å². The molecule has 34 heavy (non-hydrogen) atoms. The van der Waals surface area contributed by atoms with E-state index in [1.165, 1.54) is 12.4 Å². The highest BCUT2D eigenvalue weighted by molar-refractivity contribution is 5.73. The van der Waals surface area contributed by atoms with E-state index in [1.807, 2.05) is 6.07 Å². The number of nitrogens with zero attached hydrogens (tertiary/aromatic N) is 2. The highest BCUT2D eigenvalue weighted by Gasteiger charge is 2.38. The van der Waals surface area contributed by atoms with Crippen LogP contribution in [0.2, 0.25) is 0 Å². The maximum Gasteiger partial charge on any atom is 0.490 e. The number of aliphatic hydroxyl groups is 1. The number of alkyl halides is 6. The molecule has 0 bridgehead atoms. The molecule has 1 heterocycles. The van der Waals surface area contributed by atoms with Crippen LogP contribution in [-0.4, -0.2) is 38.9 Å². The number of hydrogen-bond acceptors (Lipinski definition) is 5. The summed E-state index contributed by atoms with van der Waals surface area (Å²) in [6.07, 6.45) is -9.40. The van der Waals surface area contributed by atoms with Gasteiger partial charge < -0.3 is 15.5 Å². The second kappa shape index (κ2) is 10.9. The molecular formula is C21H16F7N3O3. The zero-order chi connectivity index (χ0) is 25.5. The molecule has 0 aliphatic rings. The highest BCUT2D eigenvalue weighted by atomic mass is 19.4. The largest absolute Gasteiger partial charge is 0.490 e. The van der Waals surface area contributed by atoms with E-state index in [9.17, 15) is 35.8 Å². The Kier molecular flexibility index (Phi) is 8.51. The second-order valence-corrected chi connectivity index (χ2v) is 6.59. The van der Waals surface area contributed by atoms with E-state index in [2.05, 4.69) is 15.3 Å². The second-order valence-electron chi connectivity index (χ2n) is 6.59. The van der Waals surface area contributed by atoms with Gasteiger partial charge in [-0.1, -0.05) is 36.4 Å². The molecule has 1 aromatic heterocycles. The van der Waals surface area contributed by atoms with Crippen molar-refractivity contribution in [2.24, 2.45) is 0 Å². The molecule has 3 N–H and O–H groups in total. The predicted octanol–water partition coefficient (Wildman–Crippen LogP) is 5.08. The molecule has 0 saturated heterocycles. The summed E-state index contributed by atoms with van der Waals surface area (Å²) < 4.78 is 83.5. The molecular weight excluding hydrogens is 475 g/mol. The molecule has 13 heteroatoms. The summed E-state index contributed by atoms with van der Waals surface area (Å²) in [6.45, 7) is 0.168. The number of anilines is 1. The Labute approximate surface area is 187 Å². The smallest absolute Gasteiger partial charge is 0.475 e. The summed E-state index contributed by atoms with van der Waals surface area (Å²) in [5.74, 6) is -3.77. The fourth-order valence-corrected chi connectivity index (χ4v) is 2.51. The maximum absolute atomic E-state index is 13.8. The molecule has 3 rings (SSSR count). The number of benzene rings is 2. The Morgan fingerprint density at radius 1 is 0.971 bits per heavy atom. The van der Waals surface area contributed by atoms with Crippen molar-refractivity contribution in [1.29, 1.82) is 0 Å². The molecule has 0 saturated carbocycles. The molecule has 0 amide bonds. The van der Waals surface area contributed by atoms with Crippen molar-refractivity contribution in [1.82, 2.24) is 9.97 Å². The minimum Gasteiger partial charge on any atom is -0.475 e. The minimum atomic E-state index is -5.08. The first-order chi connectivity index (χ1) is 15.8. The van der Waals surface area contributed by atoms with Crippen LogP contribution in [0.15, 0.2) is 60.9 Å². The van der Waals surface area contributed by atoms with Gasteiger partial charge in [-0.05, 0) is 17.7 Å². The van der Waals surface area contributed by atoms with Gasteiger partial charge in [0.15, 0.2) is 0 Å². The van der Waals surface area contributed by atoms with Gasteiger partial charge in [0.1, 0.15) is 18.0 Å². The van der Waals surface area contributed by atoms with Crippen molar-refractivity contribution in [3.63, 3.8) is 0 Å². The van der Waals surface area contributed by atoms with E-state index in [0.29, 0.717) is 11.9 Å². The SMILES string of the molecule is O=C(O)C(F)(F)F.O[C@@H](CNc1cc(-c2ccc(C(F)(F)F)c(F)c2)ncn1)c1ccccc1. The number of carbonyl (C=O) groups is 1. The first-order valence-corrected chi connectivity index (χ1v) is 9.25. The molecule has 6 nitrogen and oxygen atoms in total. The number of carboxylic acids is 1. The monoisotopic (exact) mass is 491 g/mol. The van der Waals surface area contributed by atoms with E-state index >= 15 is 0 Å². The first-order valence-electron chi connectivity index (χ1n) is 9.25. The number of aromatic nitrogens is 2. The van der Waals surface area contributed by atoms with E-state index in [1.54, 1.807) is 24.3 Å². The zero-order valence-electron chi connectivity index (χ0n) is 16.9. The van der Waals surface area contributed by atoms with Crippen molar-refractivity contribution < 1.29 is 45.7 Å².